The lowest BCUT2D eigenvalue weighted by atomic mass is 10.1. The van der Waals surface area contributed by atoms with Crippen molar-refractivity contribution in [1.29, 1.82) is 0 Å². The molecule has 4 nitrogen and oxygen atoms in total. The van der Waals surface area contributed by atoms with Crippen LogP contribution in [0.15, 0.2) is 30.9 Å². The van der Waals surface area contributed by atoms with Gasteiger partial charge >= 0.3 is 0 Å². The van der Waals surface area contributed by atoms with E-state index < -0.39 is 0 Å². The topological polar surface area (TPSA) is 32.1 Å². The standard InChI is InChI=1S/C16H25NO3/c1-5-6-14-13-15(18-4)7-8-16(14)20-12-11-19-10-9-17(2)3/h5,7-8,13H,1,6,9-12H2,2-4H3/p+1. The van der Waals surface area contributed by atoms with Gasteiger partial charge in [0.1, 0.15) is 24.7 Å². The Hall–Kier alpha value is -1.52. The Kier molecular flexibility index (Phi) is 7.77. The van der Waals surface area contributed by atoms with E-state index in [-0.39, 0.29) is 0 Å². The van der Waals surface area contributed by atoms with Gasteiger partial charge in [0.15, 0.2) is 0 Å². The van der Waals surface area contributed by atoms with Gasteiger partial charge in [-0.05, 0) is 24.6 Å². The van der Waals surface area contributed by atoms with Gasteiger partial charge in [0.2, 0.25) is 0 Å². The highest BCUT2D eigenvalue weighted by molar-refractivity contribution is 5.41. The Labute approximate surface area is 121 Å². The highest BCUT2D eigenvalue weighted by atomic mass is 16.5. The molecule has 0 saturated carbocycles. The molecule has 1 N–H and O–H groups in total. The number of allylic oxidation sites excluding steroid dienone is 1. The molecule has 1 aromatic carbocycles. The number of nitrogens with one attached hydrogen (secondary N) is 1. The first-order chi connectivity index (χ1) is 9.67. The molecule has 0 radical (unpaired) electrons. The van der Waals surface area contributed by atoms with Crippen LogP contribution in [0.2, 0.25) is 0 Å². The first-order valence-electron chi connectivity index (χ1n) is 6.94. The van der Waals surface area contributed by atoms with Gasteiger partial charge in [0.25, 0.3) is 0 Å². The van der Waals surface area contributed by atoms with E-state index in [9.17, 15) is 0 Å². The second kappa shape index (κ2) is 9.39. The molecule has 1 rings (SSSR count). The van der Waals surface area contributed by atoms with E-state index in [1.54, 1.807) is 7.11 Å². The molecule has 0 saturated heterocycles. The number of hydrogen-bond acceptors (Lipinski definition) is 3. The summed E-state index contributed by atoms with van der Waals surface area (Å²) in [7, 11) is 5.88. The number of ether oxygens (including phenoxy) is 3. The molecule has 1 aromatic rings. The minimum atomic E-state index is 0.555. The molecule has 0 aliphatic rings. The molecule has 0 fully saturated rings. The van der Waals surface area contributed by atoms with Crippen LogP contribution < -0.4 is 14.4 Å². The Morgan fingerprint density at radius 2 is 2.00 bits per heavy atom. The number of benzene rings is 1. The smallest absolute Gasteiger partial charge is 0.123 e. The van der Waals surface area contributed by atoms with Gasteiger partial charge < -0.3 is 19.1 Å². The number of hydrogen-bond donors (Lipinski definition) is 1. The quantitative estimate of drug-likeness (QED) is 0.512. The second-order valence-electron chi connectivity index (χ2n) is 4.88. The zero-order valence-corrected chi connectivity index (χ0v) is 12.8. The van der Waals surface area contributed by atoms with Crippen LogP contribution in [0.5, 0.6) is 11.5 Å². The third kappa shape index (κ3) is 6.08. The first-order valence-corrected chi connectivity index (χ1v) is 6.94. The molecule has 0 atom stereocenters. The molecule has 112 valence electrons. The van der Waals surface area contributed by atoms with Crippen molar-refractivity contribution in [1.82, 2.24) is 0 Å². The molecular formula is C16H26NO3+. The van der Waals surface area contributed by atoms with Gasteiger partial charge in [-0.3, -0.25) is 0 Å². The fraction of sp³-hybridized carbons (Fsp3) is 0.500. The van der Waals surface area contributed by atoms with Crippen LogP contribution in [0.1, 0.15) is 5.56 Å². The minimum absolute atomic E-state index is 0.555. The van der Waals surface area contributed by atoms with Crippen LogP contribution in [-0.2, 0) is 11.2 Å². The van der Waals surface area contributed by atoms with Gasteiger partial charge in [-0.15, -0.1) is 6.58 Å². The molecule has 0 aromatic heterocycles. The largest absolute Gasteiger partial charge is 0.497 e. The van der Waals surface area contributed by atoms with Crippen molar-refractivity contribution in [2.75, 3.05) is 47.6 Å². The third-order valence-corrected chi connectivity index (χ3v) is 2.86. The maximum Gasteiger partial charge on any atom is 0.123 e. The summed E-state index contributed by atoms with van der Waals surface area (Å²) in [5.41, 5.74) is 1.08. The molecule has 0 bridgehead atoms. The van der Waals surface area contributed by atoms with E-state index in [2.05, 4.69) is 20.7 Å². The van der Waals surface area contributed by atoms with E-state index in [1.807, 2.05) is 24.3 Å². The van der Waals surface area contributed by atoms with Crippen molar-refractivity contribution in [3.63, 3.8) is 0 Å². The Morgan fingerprint density at radius 3 is 2.65 bits per heavy atom. The molecule has 4 heteroatoms. The average molecular weight is 280 g/mol. The number of rotatable bonds is 10. The molecule has 0 aliphatic heterocycles. The summed E-state index contributed by atoms with van der Waals surface area (Å²) < 4.78 is 16.5. The minimum Gasteiger partial charge on any atom is -0.497 e. The van der Waals surface area contributed by atoms with Crippen molar-refractivity contribution in [2.45, 2.75) is 6.42 Å². The molecule has 0 unspecified atom stereocenters. The first kappa shape index (κ1) is 16.5. The predicted octanol–water partition coefficient (Wildman–Crippen LogP) is 0.964. The fourth-order valence-electron chi connectivity index (χ4n) is 1.73. The summed E-state index contributed by atoms with van der Waals surface area (Å²) in [5.74, 6) is 1.70. The number of methoxy groups -OCH3 is 1. The molecular weight excluding hydrogens is 254 g/mol. The van der Waals surface area contributed by atoms with Crippen LogP contribution >= 0.6 is 0 Å². The van der Waals surface area contributed by atoms with E-state index in [4.69, 9.17) is 14.2 Å². The van der Waals surface area contributed by atoms with Crippen molar-refractivity contribution >= 4 is 0 Å². The Balaban J connectivity index is 2.40. The van der Waals surface area contributed by atoms with Crippen molar-refractivity contribution in [3.05, 3.63) is 36.4 Å². The molecule has 0 amide bonds. The summed E-state index contributed by atoms with van der Waals surface area (Å²) in [4.78, 5) is 1.38. The summed E-state index contributed by atoms with van der Waals surface area (Å²) >= 11 is 0. The molecule has 0 aliphatic carbocycles. The van der Waals surface area contributed by atoms with E-state index in [1.165, 1.54) is 4.90 Å². The van der Waals surface area contributed by atoms with Gasteiger partial charge in [0, 0.05) is 5.56 Å². The van der Waals surface area contributed by atoms with Crippen LogP contribution in [0, 0.1) is 0 Å². The van der Waals surface area contributed by atoms with Crippen LogP contribution in [0.4, 0.5) is 0 Å². The van der Waals surface area contributed by atoms with Gasteiger partial charge in [-0.25, -0.2) is 0 Å². The lowest BCUT2D eigenvalue weighted by Gasteiger charge is -2.12. The second-order valence-corrected chi connectivity index (χ2v) is 4.88. The average Bonchev–Trinajstić information content (AvgIpc) is 2.43. The normalized spacial score (nSPS) is 10.6. The third-order valence-electron chi connectivity index (χ3n) is 2.86. The highest BCUT2D eigenvalue weighted by Gasteiger charge is 2.04. The molecule has 0 heterocycles. The van der Waals surface area contributed by atoms with Gasteiger partial charge in [-0.1, -0.05) is 6.08 Å². The summed E-state index contributed by atoms with van der Waals surface area (Å²) in [5, 5.41) is 0. The lowest BCUT2D eigenvalue weighted by Crippen LogP contribution is -3.06. The zero-order chi connectivity index (χ0) is 14.8. The van der Waals surface area contributed by atoms with Crippen molar-refractivity contribution in [2.24, 2.45) is 0 Å². The van der Waals surface area contributed by atoms with E-state index in [0.717, 1.165) is 36.6 Å². The lowest BCUT2D eigenvalue weighted by molar-refractivity contribution is -0.858. The van der Waals surface area contributed by atoms with Gasteiger partial charge in [0.05, 0.1) is 34.4 Å². The maximum absolute atomic E-state index is 5.76. The summed E-state index contributed by atoms with van der Waals surface area (Å²) in [6, 6.07) is 5.81. The maximum atomic E-state index is 5.76. The summed E-state index contributed by atoms with van der Waals surface area (Å²) in [6.07, 6.45) is 2.62. The predicted molar refractivity (Wildman–Crippen MR) is 80.9 cm³/mol. The molecule has 20 heavy (non-hydrogen) atoms. The molecule has 0 spiro atoms. The SMILES string of the molecule is C=CCc1cc(OC)ccc1OCCOCC[NH+](C)C. The Bertz CT molecular complexity index is 405. The van der Waals surface area contributed by atoms with Gasteiger partial charge in [-0.2, -0.15) is 0 Å². The highest BCUT2D eigenvalue weighted by Crippen LogP contribution is 2.24. The van der Waals surface area contributed by atoms with Crippen molar-refractivity contribution in [3.8, 4) is 11.5 Å². The van der Waals surface area contributed by atoms with Crippen LogP contribution in [0.3, 0.4) is 0 Å². The number of likely N-dealkylation sites (N-methyl/N-ethyl adjacent to an activating group) is 1. The van der Waals surface area contributed by atoms with Crippen LogP contribution in [0.25, 0.3) is 0 Å². The zero-order valence-electron chi connectivity index (χ0n) is 12.8. The van der Waals surface area contributed by atoms with Crippen LogP contribution in [-0.4, -0.2) is 47.6 Å². The fourth-order valence-corrected chi connectivity index (χ4v) is 1.73. The summed E-state index contributed by atoms with van der Waals surface area (Å²) in [6.45, 7) is 6.69. The van der Waals surface area contributed by atoms with E-state index >= 15 is 0 Å². The number of quaternary nitrogens is 1. The Morgan fingerprint density at radius 1 is 1.20 bits per heavy atom. The monoisotopic (exact) mass is 280 g/mol. The van der Waals surface area contributed by atoms with E-state index in [0.29, 0.717) is 13.2 Å². The van der Waals surface area contributed by atoms with Crippen molar-refractivity contribution < 1.29 is 19.1 Å².